The highest BCUT2D eigenvalue weighted by atomic mass is 32.2. The first-order chi connectivity index (χ1) is 8.48. The number of anilines is 1. The van der Waals surface area contributed by atoms with Crippen LogP contribution in [0, 0.1) is 0 Å². The average Bonchev–Trinajstić information content (AvgIpc) is 2.50. The number of hydrogen-bond donors (Lipinski definition) is 1. The maximum atomic E-state index is 12.2. The summed E-state index contributed by atoms with van der Waals surface area (Å²) in [4.78, 5) is 12.1. The van der Waals surface area contributed by atoms with Crippen molar-refractivity contribution in [3.8, 4) is 0 Å². The van der Waals surface area contributed by atoms with E-state index in [0.29, 0.717) is 12.1 Å². The fourth-order valence-corrected chi connectivity index (χ4v) is 3.62. The summed E-state index contributed by atoms with van der Waals surface area (Å²) < 4.78 is 25.3. The summed E-state index contributed by atoms with van der Waals surface area (Å²) in [5.74, 6) is -0.464. The molecule has 6 heteroatoms. The van der Waals surface area contributed by atoms with Crippen molar-refractivity contribution in [1.82, 2.24) is 4.31 Å². The van der Waals surface area contributed by atoms with Gasteiger partial charge in [0.1, 0.15) is 4.90 Å². The molecule has 2 N–H and O–H groups in total. The van der Waals surface area contributed by atoms with Crippen LogP contribution in [0.5, 0.6) is 0 Å². The minimum Gasteiger partial charge on any atom is -0.399 e. The predicted octanol–water partition coefficient (Wildman–Crippen LogP) is 1.60. The van der Waals surface area contributed by atoms with Crippen molar-refractivity contribution in [2.75, 3.05) is 12.3 Å². The normalized spacial score (nSPS) is 16.9. The molecular formula is C12H16N2O3S. The Morgan fingerprint density at radius 3 is 2.67 bits per heavy atom. The summed E-state index contributed by atoms with van der Waals surface area (Å²) in [5, 5.41) is 0. The van der Waals surface area contributed by atoms with Gasteiger partial charge in [-0.25, -0.2) is 12.7 Å². The Bertz CT molecular complexity index is 581. The van der Waals surface area contributed by atoms with E-state index in [4.69, 9.17) is 5.73 Å². The van der Waals surface area contributed by atoms with Crippen LogP contribution in [0.2, 0.25) is 0 Å². The predicted molar refractivity (Wildman–Crippen MR) is 68.6 cm³/mol. The molecule has 0 saturated carbocycles. The molecule has 0 atom stereocenters. The number of nitrogens with zero attached hydrogens (tertiary/aromatic N) is 1. The third-order valence-electron chi connectivity index (χ3n) is 2.99. The van der Waals surface area contributed by atoms with E-state index in [1.165, 1.54) is 18.2 Å². The lowest BCUT2D eigenvalue weighted by molar-refractivity contribution is 0.0869. The number of carbonyl (C=O) groups excluding carboxylic acids is 1. The van der Waals surface area contributed by atoms with Crippen molar-refractivity contribution in [3.63, 3.8) is 0 Å². The molecular weight excluding hydrogens is 252 g/mol. The van der Waals surface area contributed by atoms with Crippen molar-refractivity contribution in [2.24, 2.45) is 0 Å². The minimum absolute atomic E-state index is 0.0678. The smallest absolute Gasteiger partial charge is 0.269 e. The van der Waals surface area contributed by atoms with E-state index < -0.39 is 15.9 Å². The third kappa shape index (κ3) is 1.96. The second-order valence-corrected chi connectivity index (χ2v) is 6.18. The number of amides is 1. The second kappa shape index (κ2) is 4.61. The van der Waals surface area contributed by atoms with Gasteiger partial charge in [0.2, 0.25) is 0 Å². The van der Waals surface area contributed by atoms with Crippen LogP contribution in [0.4, 0.5) is 5.69 Å². The van der Waals surface area contributed by atoms with Gasteiger partial charge in [-0.05, 0) is 24.6 Å². The van der Waals surface area contributed by atoms with Crippen LogP contribution in [-0.2, 0) is 10.0 Å². The van der Waals surface area contributed by atoms with Crippen LogP contribution in [0.15, 0.2) is 23.1 Å². The molecule has 0 aliphatic carbocycles. The van der Waals surface area contributed by atoms with Gasteiger partial charge >= 0.3 is 0 Å². The number of hydrogen-bond acceptors (Lipinski definition) is 4. The number of carbonyl (C=O) groups is 1. The zero-order chi connectivity index (χ0) is 13.3. The molecule has 1 aliphatic rings. The van der Waals surface area contributed by atoms with E-state index in [9.17, 15) is 13.2 Å². The van der Waals surface area contributed by atoms with Gasteiger partial charge in [-0.3, -0.25) is 4.79 Å². The molecule has 0 fully saturated rings. The monoisotopic (exact) mass is 268 g/mol. The van der Waals surface area contributed by atoms with E-state index >= 15 is 0 Å². The maximum absolute atomic E-state index is 12.2. The minimum atomic E-state index is -3.66. The summed E-state index contributed by atoms with van der Waals surface area (Å²) in [6, 6.07) is 4.33. The Morgan fingerprint density at radius 2 is 2.00 bits per heavy atom. The Morgan fingerprint density at radius 1 is 1.28 bits per heavy atom. The van der Waals surface area contributed by atoms with Gasteiger partial charge in [-0.1, -0.05) is 19.8 Å². The summed E-state index contributed by atoms with van der Waals surface area (Å²) >= 11 is 0. The van der Waals surface area contributed by atoms with Gasteiger partial charge in [-0.2, -0.15) is 0 Å². The molecule has 18 heavy (non-hydrogen) atoms. The highest BCUT2D eigenvalue weighted by molar-refractivity contribution is 7.90. The molecule has 0 bridgehead atoms. The largest absolute Gasteiger partial charge is 0.399 e. The zero-order valence-corrected chi connectivity index (χ0v) is 11.0. The highest BCUT2D eigenvalue weighted by Crippen LogP contribution is 2.31. The number of unbranched alkanes of at least 4 members (excludes halogenated alkanes) is 2. The number of sulfonamides is 1. The number of nitrogens with two attached hydrogens (primary N) is 1. The van der Waals surface area contributed by atoms with E-state index in [1.807, 2.05) is 6.92 Å². The van der Waals surface area contributed by atoms with Crippen molar-refractivity contribution in [1.29, 1.82) is 0 Å². The van der Waals surface area contributed by atoms with Gasteiger partial charge in [0.15, 0.2) is 0 Å². The molecule has 2 rings (SSSR count). The summed E-state index contributed by atoms with van der Waals surface area (Å²) in [5.41, 5.74) is 6.17. The average molecular weight is 268 g/mol. The quantitative estimate of drug-likeness (QED) is 0.664. The lowest BCUT2D eigenvalue weighted by Gasteiger charge is -2.14. The van der Waals surface area contributed by atoms with Crippen molar-refractivity contribution in [3.05, 3.63) is 23.8 Å². The molecule has 98 valence electrons. The first kappa shape index (κ1) is 12.9. The fourth-order valence-electron chi connectivity index (χ4n) is 2.03. The first-order valence-corrected chi connectivity index (χ1v) is 7.39. The van der Waals surface area contributed by atoms with Crippen molar-refractivity contribution < 1.29 is 13.2 Å². The number of rotatable bonds is 4. The van der Waals surface area contributed by atoms with Gasteiger partial charge in [0.25, 0.3) is 15.9 Å². The molecule has 0 aromatic heterocycles. The van der Waals surface area contributed by atoms with Crippen LogP contribution >= 0.6 is 0 Å². The van der Waals surface area contributed by atoms with Crippen molar-refractivity contribution in [2.45, 2.75) is 31.1 Å². The van der Waals surface area contributed by atoms with E-state index in [2.05, 4.69) is 0 Å². The number of fused-ring (bicyclic) bond motifs is 1. The molecule has 0 unspecified atom stereocenters. The third-order valence-corrected chi connectivity index (χ3v) is 4.83. The Labute approximate surface area is 107 Å². The Hall–Kier alpha value is -1.56. The molecule has 0 spiro atoms. The summed E-state index contributed by atoms with van der Waals surface area (Å²) in [7, 11) is -3.66. The second-order valence-electron chi connectivity index (χ2n) is 4.35. The van der Waals surface area contributed by atoms with Gasteiger partial charge < -0.3 is 5.73 Å². The molecule has 1 heterocycles. The SMILES string of the molecule is CCCCCN1C(=O)c2cc(N)ccc2S1(=O)=O. The van der Waals surface area contributed by atoms with Crippen molar-refractivity contribution >= 4 is 21.6 Å². The zero-order valence-electron chi connectivity index (χ0n) is 10.2. The molecule has 1 amide bonds. The molecule has 0 radical (unpaired) electrons. The highest BCUT2D eigenvalue weighted by Gasteiger charge is 2.40. The number of nitrogen functional groups attached to an aromatic ring is 1. The van der Waals surface area contributed by atoms with Crippen LogP contribution in [0.3, 0.4) is 0 Å². The van der Waals surface area contributed by atoms with Crippen LogP contribution < -0.4 is 5.73 Å². The van der Waals surface area contributed by atoms with Crippen LogP contribution in [0.25, 0.3) is 0 Å². The van der Waals surface area contributed by atoms with Gasteiger partial charge in [-0.15, -0.1) is 0 Å². The standard InChI is InChI=1S/C12H16N2O3S/c1-2-3-4-7-14-12(15)10-8-9(13)5-6-11(10)18(14,16)17/h5-6,8H,2-4,7,13H2,1H3. The van der Waals surface area contributed by atoms with E-state index in [-0.39, 0.29) is 17.0 Å². The summed E-state index contributed by atoms with van der Waals surface area (Å²) in [6.07, 6.45) is 2.56. The topological polar surface area (TPSA) is 80.5 Å². The number of benzene rings is 1. The molecule has 5 nitrogen and oxygen atoms in total. The fraction of sp³-hybridized carbons (Fsp3) is 0.417. The molecule has 1 aromatic rings. The van der Waals surface area contributed by atoms with Crippen LogP contribution in [0.1, 0.15) is 36.5 Å². The van der Waals surface area contributed by atoms with E-state index in [0.717, 1.165) is 17.1 Å². The molecule has 1 aliphatic heterocycles. The maximum Gasteiger partial charge on any atom is 0.269 e. The van der Waals surface area contributed by atoms with Gasteiger partial charge in [0.05, 0.1) is 5.56 Å². The Balaban J connectivity index is 2.35. The molecule has 1 aromatic carbocycles. The lowest BCUT2D eigenvalue weighted by atomic mass is 10.2. The first-order valence-electron chi connectivity index (χ1n) is 5.95. The van der Waals surface area contributed by atoms with E-state index in [1.54, 1.807) is 0 Å². The summed E-state index contributed by atoms with van der Waals surface area (Å²) in [6.45, 7) is 2.26. The Kier molecular flexibility index (Phi) is 3.30. The molecule has 0 saturated heterocycles. The lowest BCUT2D eigenvalue weighted by Crippen LogP contribution is -2.30. The van der Waals surface area contributed by atoms with Gasteiger partial charge in [0, 0.05) is 12.2 Å². The van der Waals surface area contributed by atoms with Crippen LogP contribution in [-0.4, -0.2) is 25.2 Å².